The third kappa shape index (κ3) is 25.2. The van der Waals surface area contributed by atoms with Crippen molar-refractivity contribution < 1.29 is 38.1 Å². The lowest BCUT2D eigenvalue weighted by Crippen LogP contribution is -2.47. The number of fused-ring (bicyclic) bond motifs is 6. The molecule has 2 amide bonds. The average Bonchev–Trinajstić information content (AvgIpc) is 1.64. The highest BCUT2D eigenvalue weighted by Gasteiger charge is 2.25. The van der Waals surface area contributed by atoms with E-state index >= 15 is 0 Å². The molecular formula is C79H110N18O8. The minimum atomic E-state index is -0.480. The fraction of sp³-hybridized carbons (Fsp3) is 0.519. The molecule has 0 unspecified atom stereocenters. The van der Waals surface area contributed by atoms with Crippen LogP contribution in [0.15, 0.2) is 84.9 Å². The quantitative estimate of drug-likeness (QED) is 0.0153. The number of aryl methyl sites for hydroxylation is 4. The summed E-state index contributed by atoms with van der Waals surface area (Å²) in [6.45, 7) is 29.5. The summed E-state index contributed by atoms with van der Waals surface area (Å²) in [4.78, 5) is 65.4. The zero-order chi connectivity index (χ0) is 74.6. The van der Waals surface area contributed by atoms with Gasteiger partial charge in [0.1, 0.15) is 39.6 Å². The number of nitrogens with two attached hydrogens (primary N) is 3. The Hall–Kier alpha value is -9.88. The summed E-state index contributed by atoms with van der Waals surface area (Å²) in [6.07, 6.45) is 11.8. The Balaban J connectivity index is 0.000000258. The first-order chi connectivity index (χ1) is 50.1. The third-order valence-corrected chi connectivity index (χ3v) is 17.7. The number of nitrogen functional groups attached to an aromatic ring is 2. The van der Waals surface area contributed by atoms with Crippen LogP contribution in [0.4, 0.5) is 33.5 Å². The van der Waals surface area contributed by atoms with Gasteiger partial charge in [-0.05, 0) is 159 Å². The number of unbranched alkanes of at least 4 members (excludes halogenated alkanes) is 4. The van der Waals surface area contributed by atoms with Gasteiger partial charge in [0, 0.05) is 126 Å². The number of nitrogens with zero attached hydrogens (tertiary/aromatic N) is 13. The van der Waals surface area contributed by atoms with Crippen LogP contribution in [0, 0.1) is 34.2 Å². The second-order valence-corrected chi connectivity index (χ2v) is 28.0. The van der Waals surface area contributed by atoms with E-state index in [9.17, 15) is 14.4 Å². The van der Waals surface area contributed by atoms with Crippen LogP contribution in [0.3, 0.4) is 0 Å². The Kier molecular flexibility index (Phi) is 32.2. The number of urea groups is 1. The summed E-state index contributed by atoms with van der Waals surface area (Å²) in [7, 11) is 0. The Morgan fingerprint density at radius 1 is 0.552 bits per heavy atom. The summed E-state index contributed by atoms with van der Waals surface area (Å²) in [6, 6.07) is 29.9. The van der Waals surface area contributed by atoms with Gasteiger partial charge in [-0.2, -0.15) is 10.5 Å². The molecule has 26 heteroatoms. The number of aromatic nitrogens is 6. The lowest BCUT2D eigenvalue weighted by Gasteiger charge is -2.36. The SMILES string of the molecule is C.CCCCc1nc2c(N)nc3ccc(N4CCN(CCOCCC(=O)OC(C)(C)C)CC4)cc3c2n1CCCCN.CCCCc1nc2c(N)nc3ccc(N4CCN(CCOCCC(=O)OC(C)(C)C)CC4)cc3c2n1CCCCNC(=O)Nc1cccc(C#N)c1.N#COc1cccc(C#N)c1. The number of anilines is 5. The Morgan fingerprint density at radius 3 is 1.47 bits per heavy atom. The Bertz CT molecular complexity index is 4260. The van der Waals surface area contributed by atoms with Crippen LogP contribution in [-0.4, -0.2) is 173 Å². The number of hydrogen-bond acceptors (Lipinski definition) is 22. The molecule has 0 radical (unpaired) electrons. The largest absolute Gasteiger partial charge is 0.460 e. The molecule has 2 saturated heterocycles. The van der Waals surface area contributed by atoms with Crippen molar-refractivity contribution in [2.45, 2.75) is 164 Å². The van der Waals surface area contributed by atoms with Gasteiger partial charge in [-0.3, -0.25) is 19.4 Å². The molecule has 564 valence electrons. The molecular weight excluding hydrogens is 1330 g/mol. The lowest BCUT2D eigenvalue weighted by molar-refractivity contribution is -0.157. The molecule has 2 aliphatic heterocycles. The van der Waals surface area contributed by atoms with E-state index in [0.29, 0.717) is 73.7 Å². The van der Waals surface area contributed by atoms with Crippen LogP contribution < -0.4 is 42.4 Å². The number of nitriles is 3. The summed E-state index contributed by atoms with van der Waals surface area (Å²) in [5.74, 6) is 2.98. The predicted octanol–water partition coefficient (Wildman–Crippen LogP) is 12.0. The first kappa shape index (κ1) is 82.4. The van der Waals surface area contributed by atoms with Gasteiger partial charge >= 0.3 is 18.0 Å². The molecule has 0 spiro atoms. The second-order valence-electron chi connectivity index (χ2n) is 28.0. The van der Waals surface area contributed by atoms with Crippen molar-refractivity contribution >= 4 is 90.5 Å². The molecule has 10 rings (SSSR count). The number of nitrogens with one attached hydrogen (secondary N) is 2. The number of benzene rings is 4. The Morgan fingerprint density at radius 2 is 1.02 bits per heavy atom. The van der Waals surface area contributed by atoms with E-state index < -0.39 is 11.2 Å². The molecule has 2 aliphatic rings. The normalized spacial score (nSPS) is 13.4. The highest BCUT2D eigenvalue weighted by Crippen LogP contribution is 2.35. The maximum absolute atomic E-state index is 12.5. The number of carbonyl (C=O) groups is 3. The van der Waals surface area contributed by atoms with Crippen LogP contribution in [-0.2, 0) is 54.5 Å². The maximum Gasteiger partial charge on any atom is 0.319 e. The number of carbonyl (C=O) groups excluding carboxylic acids is 3. The van der Waals surface area contributed by atoms with Crippen molar-refractivity contribution in [3.63, 3.8) is 0 Å². The minimum absolute atomic E-state index is 0. The molecule has 8 aromatic rings. The number of amides is 2. The summed E-state index contributed by atoms with van der Waals surface area (Å²) in [5.41, 5.74) is 27.1. The zero-order valence-corrected chi connectivity index (χ0v) is 62.1. The van der Waals surface area contributed by atoms with Gasteiger partial charge in [0.05, 0.1) is 84.6 Å². The van der Waals surface area contributed by atoms with Gasteiger partial charge in [0.25, 0.3) is 6.26 Å². The fourth-order valence-corrected chi connectivity index (χ4v) is 12.5. The fourth-order valence-electron chi connectivity index (χ4n) is 12.5. The van der Waals surface area contributed by atoms with Crippen molar-refractivity contribution in [2.24, 2.45) is 5.73 Å². The number of hydrogen-bond donors (Lipinski definition) is 5. The molecule has 0 aliphatic carbocycles. The van der Waals surface area contributed by atoms with Crippen LogP contribution in [0.2, 0.25) is 0 Å². The molecule has 4 aromatic heterocycles. The van der Waals surface area contributed by atoms with Gasteiger partial charge in [-0.15, -0.1) is 5.26 Å². The molecule has 4 aromatic carbocycles. The van der Waals surface area contributed by atoms with Gasteiger partial charge in [0.2, 0.25) is 0 Å². The number of ether oxygens (including phenoxy) is 5. The molecule has 0 atom stereocenters. The highest BCUT2D eigenvalue weighted by atomic mass is 16.6. The first-order valence-electron chi connectivity index (χ1n) is 36.6. The average molecular weight is 1440 g/mol. The Labute approximate surface area is 619 Å². The van der Waals surface area contributed by atoms with Gasteiger partial charge in [-0.1, -0.05) is 46.2 Å². The van der Waals surface area contributed by atoms with Crippen LogP contribution in [0.5, 0.6) is 5.75 Å². The van der Waals surface area contributed by atoms with E-state index in [1.807, 2.05) is 47.6 Å². The van der Waals surface area contributed by atoms with E-state index in [1.165, 1.54) is 18.0 Å². The zero-order valence-electron chi connectivity index (χ0n) is 62.1. The van der Waals surface area contributed by atoms with E-state index in [4.69, 9.17) is 71.9 Å². The van der Waals surface area contributed by atoms with Crippen molar-refractivity contribution in [3.8, 4) is 24.1 Å². The predicted molar refractivity (Wildman–Crippen MR) is 416 cm³/mol. The monoisotopic (exact) mass is 1440 g/mol. The van der Waals surface area contributed by atoms with Crippen molar-refractivity contribution in [1.82, 2.24) is 44.2 Å². The molecule has 6 heterocycles. The van der Waals surface area contributed by atoms with Gasteiger partial charge < -0.3 is 70.5 Å². The van der Waals surface area contributed by atoms with Crippen LogP contribution >= 0.6 is 0 Å². The highest BCUT2D eigenvalue weighted by molar-refractivity contribution is 6.09. The molecule has 0 bridgehead atoms. The molecule has 0 saturated carbocycles. The number of rotatable bonds is 31. The van der Waals surface area contributed by atoms with Gasteiger partial charge in [-0.25, -0.2) is 24.7 Å². The standard InChI is InChI=1S/C39H53N9O4.C31H49N7O3.C8H4N2O.CH4/c1-5-6-12-33-45-35-36(48(33)17-8-7-16-42-38(50)43-29-11-9-10-28(25-29)27-40)31-26-30(13-14-32(31)44-37(35)41)47-20-18-46(19-21-47)22-24-51-23-15-34(49)52-39(2,3)4;1-5-6-9-26-35-28-29(38(26)14-8-7-13-32)24-22-23(10-11-25(24)34-30(28)33)37-17-15-36(16-18-37)19-21-40-20-12-27(39)41-31(2,3)4;9-5-7-2-1-3-8(4-7)11-6-10;/h9-11,13-14,25-26H,5-8,12,15-24H2,1-4H3,(H2,41,44)(H2,42,43,50);10-11,22H,5-9,12-21,32H2,1-4H3,(H2,33,34);1-4H;1H4. The van der Waals surface area contributed by atoms with Crippen LogP contribution in [0.1, 0.15) is 150 Å². The molecule has 2 fully saturated rings. The third-order valence-electron chi connectivity index (χ3n) is 17.7. The van der Waals surface area contributed by atoms with Crippen molar-refractivity contribution in [2.75, 3.05) is 132 Å². The van der Waals surface area contributed by atoms with E-state index in [0.717, 1.165) is 204 Å². The van der Waals surface area contributed by atoms with Crippen molar-refractivity contribution in [1.29, 1.82) is 15.8 Å². The molecule has 105 heavy (non-hydrogen) atoms. The number of pyridine rings is 2. The van der Waals surface area contributed by atoms with Gasteiger partial charge in [0.15, 0.2) is 11.6 Å². The summed E-state index contributed by atoms with van der Waals surface area (Å²) >= 11 is 0. The summed E-state index contributed by atoms with van der Waals surface area (Å²) < 4.78 is 31.3. The topological polar surface area (TPSA) is 345 Å². The van der Waals surface area contributed by atoms with E-state index in [1.54, 1.807) is 42.5 Å². The number of piperazine rings is 2. The smallest absolute Gasteiger partial charge is 0.319 e. The molecule has 8 N–H and O–H groups in total. The van der Waals surface area contributed by atoms with Crippen LogP contribution in [0.25, 0.3) is 43.9 Å². The van der Waals surface area contributed by atoms with E-state index in [2.05, 4.69) is 100 Å². The number of imidazole rings is 2. The first-order valence-corrected chi connectivity index (χ1v) is 36.6. The minimum Gasteiger partial charge on any atom is -0.460 e. The maximum atomic E-state index is 12.5. The second kappa shape index (κ2) is 41.0. The van der Waals surface area contributed by atoms with Crippen molar-refractivity contribution in [3.05, 3.63) is 108 Å². The summed E-state index contributed by atoms with van der Waals surface area (Å²) in [5, 5.41) is 33.6. The molecule has 26 nitrogen and oxygen atoms in total. The van der Waals surface area contributed by atoms with E-state index in [-0.39, 0.29) is 38.2 Å². The lowest BCUT2D eigenvalue weighted by atomic mass is 10.1. The number of esters is 2.